The number of para-hydroxylation sites is 1. The van der Waals surface area contributed by atoms with Crippen molar-refractivity contribution in [1.29, 1.82) is 0 Å². The molecule has 126 valence electrons. The number of rotatable bonds is 4. The number of nitrogens with zero attached hydrogens (tertiary/aromatic N) is 5. The lowest BCUT2D eigenvalue weighted by Gasteiger charge is -2.09. The van der Waals surface area contributed by atoms with Crippen LogP contribution in [-0.2, 0) is 18.0 Å². The normalized spacial score (nSPS) is 12.4. The van der Waals surface area contributed by atoms with Crippen LogP contribution >= 0.6 is 0 Å². The SMILES string of the molecule is Cc1ccnn1-c1ccc(S(=O)Nc2cccc3cnn(C)c23)cn1. The Morgan fingerprint density at radius 3 is 2.68 bits per heavy atom. The second kappa shape index (κ2) is 6.14. The number of benzene rings is 1. The Morgan fingerprint density at radius 2 is 1.96 bits per heavy atom. The van der Waals surface area contributed by atoms with E-state index in [1.165, 1.54) is 0 Å². The van der Waals surface area contributed by atoms with Crippen molar-refractivity contribution in [1.82, 2.24) is 24.5 Å². The van der Waals surface area contributed by atoms with Crippen molar-refractivity contribution in [2.45, 2.75) is 11.8 Å². The summed E-state index contributed by atoms with van der Waals surface area (Å²) in [6.07, 6.45) is 5.11. The first-order valence-electron chi connectivity index (χ1n) is 7.70. The molecule has 4 rings (SSSR count). The van der Waals surface area contributed by atoms with Gasteiger partial charge >= 0.3 is 0 Å². The van der Waals surface area contributed by atoms with Crippen LogP contribution in [0.2, 0.25) is 0 Å². The smallest absolute Gasteiger partial charge is 0.153 e. The minimum absolute atomic E-state index is 0.590. The molecule has 7 nitrogen and oxygen atoms in total. The highest BCUT2D eigenvalue weighted by molar-refractivity contribution is 7.86. The van der Waals surface area contributed by atoms with Crippen molar-refractivity contribution in [3.63, 3.8) is 0 Å². The summed E-state index contributed by atoms with van der Waals surface area (Å²) < 4.78 is 19.2. The average molecular weight is 352 g/mol. The molecule has 1 N–H and O–H groups in total. The van der Waals surface area contributed by atoms with Crippen LogP contribution in [0.25, 0.3) is 16.7 Å². The van der Waals surface area contributed by atoms with E-state index in [2.05, 4.69) is 19.9 Å². The van der Waals surface area contributed by atoms with Crippen LogP contribution in [0.1, 0.15) is 5.69 Å². The highest BCUT2D eigenvalue weighted by Crippen LogP contribution is 2.24. The molecule has 0 saturated carbocycles. The van der Waals surface area contributed by atoms with Crippen molar-refractivity contribution in [3.05, 3.63) is 60.7 Å². The number of aryl methyl sites for hydroxylation is 2. The third-order valence-corrected chi connectivity index (χ3v) is 5.02. The van der Waals surface area contributed by atoms with Gasteiger partial charge in [-0.25, -0.2) is 13.9 Å². The van der Waals surface area contributed by atoms with E-state index in [0.717, 1.165) is 22.3 Å². The molecule has 0 aliphatic rings. The number of nitrogens with one attached hydrogen (secondary N) is 1. The van der Waals surface area contributed by atoms with E-state index in [1.54, 1.807) is 40.1 Å². The zero-order valence-corrected chi connectivity index (χ0v) is 14.6. The van der Waals surface area contributed by atoms with Crippen LogP contribution in [0.4, 0.5) is 5.69 Å². The van der Waals surface area contributed by atoms with Gasteiger partial charge in [-0.05, 0) is 31.2 Å². The van der Waals surface area contributed by atoms with Gasteiger partial charge in [0, 0.05) is 30.5 Å². The molecule has 0 bridgehead atoms. The Hall–Kier alpha value is -3.00. The number of pyridine rings is 1. The fraction of sp³-hybridized carbons (Fsp3) is 0.118. The zero-order chi connectivity index (χ0) is 17.4. The molecule has 0 amide bonds. The van der Waals surface area contributed by atoms with Crippen LogP contribution < -0.4 is 4.72 Å². The van der Waals surface area contributed by atoms with Gasteiger partial charge in [-0.1, -0.05) is 12.1 Å². The van der Waals surface area contributed by atoms with Gasteiger partial charge in [0.15, 0.2) is 16.8 Å². The highest BCUT2D eigenvalue weighted by atomic mass is 32.2. The first kappa shape index (κ1) is 15.5. The van der Waals surface area contributed by atoms with E-state index in [9.17, 15) is 4.21 Å². The molecular formula is C17H16N6OS. The van der Waals surface area contributed by atoms with Crippen molar-refractivity contribution >= 4 is 27.6 Å². The summed E-state index contributed by atoms with van der Waals surface area (Å²) in [4.78, 5) is 4.95. The molecule has 1 atom stereocenters. The molecule has 0 aliphatic carbocycles. The number of anilines is 1. The average Bonchev–Trinajstić information content (AvgIpc) is 3.22. The van der Waals surface area contributed by atoms with Gasteiger partial charge in [0.1, 0.15) is 0 Å². The lowest BCUT2D eigenvalue weighted by molar-refractivity contribution is 0.686. The van der Waals surface area contributed by atoms with E-state index >= 15 is 0 Å². The van der Waals surface area contributed by atoms with Gasteiger partial charge in [0.2, 0.25) is 0 Å². The third-order valence-electron chi connectivity index (χ3n) is 3.95. The van der Waals surface area contributed by atoms with E-state index in [0.29, 0.717) is 10.7 Å². The third kappa shape index (κ3) is 2.80. The first-order chi connectivity index (χ1) is 12.1. The van der Waals surface area contributed by atoms with Crippen molar-refractivity contribution < 1.29 is 4.21 Å². The Balaban J connectivity index is 1.61. The Morgan fingerprint density at radius 1 is 1.08 bits per heavy atom. The maximum absolute atomic E-state index is 12.7. The molecule has 8 heteroatoms. The summed E-state index contributed by atoms with van der Waals surface area (Å²) in [5.41, 5.74) is 2.66. The van der Waals surface area contributed by atoms with Crippen molar-refractivity contribution in [3.8, 4) is 5.82 Å². The van der Waals surface area contributed by atoms with Crippen LogP contribution in [0.15, 0.2) is 59.9 Å². The van der Waals surface area contributed by atoms with Crippen LogP contribution in [0, 0.1) is 6.92 Å². The maximum Gasteiger partial charge on any atom is 0.153 e. The maximum atomic E-state index is 12.7. The molecule has 0 radical (unpaired) electrons. The summed E-state index contributed by atoms with van der Waals surface area (Å²) in [6, 6.07) is 11.3. The van der Waals surface area contributed by atoms with Crippen LogP contribution in [0.5, 0.6) is 0 Å². The fourth-order valence-electron chi connectivity index (χ4n) is 2.69. The molecular weight excluding hydrogens is 336 g/mol. The minimum Gasteiger partial charge on any atom is -0.299 e. The Bertz CT molecular complexity index is 1070. The molecule has 0 spiro atoms. The van der Waals surface area contributed by atoms with Gasteiger partial charge in [-0.3, -0.25) is 9.40 Å². The van der Waals surface area contributed by atoms with Gasteiger partial charge in [0.25, 0.3) is 0 Å². The molecule has 4 aromatic rings. The van der Waals surface area contributed by atoms with E-state index < -0.39 is 11.0 Å². The summed E-state index contributed by atoms with van der Waals surface area (Å²) in [7, 11) is 0.434. The zero-order valence-electron chi connectivity index (χ0n) is 13.7. The molecule has 3 heterocycles. The lowest BCUT2D eigenvalue weighted by atomic mass is 10.2. The summed E-state index contributed by atoms with van der Waals surface area (Å²) in [6.45, 7) is 1.96. The quantitative estimate of drug-likeness (QED) is 0.612. The standard InChI is InChI=1S/C17H16N6OS/c1-12-8-9-19-23(12)16-7-6-14(11-18-16)25(24)21-15-5-3-4-13-10-20-22(2)17(13)15/h3-11,21H,1-2H3. The largest absolute Gasteiger partial charge is 0.299 e. The number of hydrogen-bond acceptors (Lipinski definition) is 4. The van der Waals surface area contributed by atoms with Gasteiger partial charge in [-0.2, -0.15) is 10.2 Å². The molecule has 0 fully saturated rings. The van der Waals surface area contributed by atoms with Gasteiger partial charge in [0.05, 0.1) is 22.3 Å². The van der Waals surface area contributed by atoms with Gasteiger partial charge < -0.3 is 0 Å². The fourth-order valence-corrected chi connectivity index (χ4v) is 3.51. The monoisotopic (exact) mass is 352 g/mol. The van der Waals surface area contributed by atoms with Gasteiger partial charge in [-0.15, -0.1) is 0 Å². The first-order valence-corrected chi connectivity index (χ1v) is 8.85. The Labute approximate surface area is 146 Å². The highest BCUT2D eigenvalue weighted by Gasteiger charge is 2.11. The Kier molecular flexibility index (Phi) is 3.81. The van der Waals surface area contributed by atoms with Crippen molar-refractivity contribution in [2.75, 3.05) is 4.72 Å². The molecule has 1 aromatic carbocycles. The summed E-state index contributed by atoms with van der Waals surface area (Å²) in [5.74, 6) is 0.692. The lowest BCUT2D eigenvalue weighted by Crippen LogP contribution is -2.08. The molecule has 25 heavy (non-hydrogen) atoms. The van der Waals surface area contributed by atoms with Crippen LogP contribution in [-0.4, -0.2) is 28.8 Å². The summed E-state index contributed by atoms with van der Waals surface area (Å²) in [5, 5.41) is 9.45. The number of hydrogen-bond donors (Lipinski definition) is 1. The van der Waals surface area contributed by atoms with E-state index in [-0.39, 0.29) is 0 Å². The minimum atomic E-state index is -1.43. The summed E-state index contributed by atoms with van der Waals surface area (Å²) >= 11 is 0. The second-order valence-electron chi connectivity index (χ2n) is 5.62. The predicted octanol–water partition coefficient (Wildman–Crippen LogP) is 2.60. The molecule has 3 aromatic heterocycles. The van der Waals surface area contributed by atoms with Crippen molar-refractivity contribution in [2.24, 2.45) is 7.05 Å². The predicted molar refractivity (Wildman–Crippen MR) is 96.8 cm³/mol. The molecule has 1 unspecified atom stereocenters. The molecule has 0 aliphatic heterocycles. The van der Waals surface area contributed by atoms with Crippen LogP contribution in [0.3, 0.4) is 0 Å². The van der Waals surface area contributed by atoms with E-state index in [4.69, 9.17) is 0 Å². The molecule has 0 saturated heterocycles. The second-order valence-corrected chi connectivity index (χ2v) is 6.83. The number of fused-ring (bicyclic) bond motifs is 1. The number of aromatic nitrogens is 5. The topological polar surface area (TPSA) is 77.6 Å². The van der Waals surface area contributed by atoms with E-state index in [1.807, 2.05) is 38.2 Å².